The number of hydrogen-bond acceptors (Lipinski definition) is 4. The second-order valence-corrected chi connectivity index (χ2v) is 3.63. The van der Waals surface area contributed by atoms with E-state index in [0.29, 0.717) is 6.79 Å². The Bertz CT molecular complexity index is 376. The van der Waals surface area contributed by atoms with E-state index in [1.54, 1.807) is 0 Å². The number of benzene rings is 1. The zero-order valence-corrected chi connectivity index (χ0v) is 8.51. The lowest BCUT2D eigenvalue weighted by Gasteiger charge is -2.05. The summed E-state index contributed by atoms with van der Waals surface area (Å²) in [6, 6.07) is 5.86. The first-order chi connectivity index (χ1) is 7.29. The average Bonchev–Trinajstić information content (AvgIpc) is 2.65. The van der Waals surface area contributed by atoms with Crippen LogP contribution in [0.5, 0.6) is 11.5 Å². The summed E-state index contributed by atoms with van der Waals surface area (Å²) in [5.74, 6) is 1.79. The summed E-state index contributed by atoms with van der Waals surface area (Å²) in [6.45, 7) is 2.29. The monoisotopic (exact) mass is 207 g/mol. The van der Waals surface area contributed by atoms with Crippen molar-refractivity contribution < 1.29 is 14.7 Å². The lowest BCUT2D eigenvalue weighted by Crippen LogP contribution is -2.00. The van der Waals surface area contributed by atoms with E-state index < -0.39 is 0 Å². The molecule has 0 fully saturated rings. The van der Waals surface area contributed by atoms with Crippen molar-refractivity contribution in [3.8, 4) is 11.5 Å². The molecule has 0 aliphatic carbocycles. The lowest BCUT2D eigenvalue weighted by atomic mass is 10.0. The zero-order chi connectivity index (χ0) is 10.7. The smallest absolute Gasteiger partial charge is 0.231 e. The van der Waals surface area contributed by atoms with Gasteiger partial charge < -0.3 is 14.7 Å². The Balaban J connectivity index is 2.10. The maximum absolute atomic E-state index is 8.39. The molecule has 1 aromatic carbocycles. The van der Waals surface area contributed by atoms with Gasteiger partial charge in [0.1, 0.15) is 0 Å². The highest BCUT2D eigenvalue weighted by Gasteiger charge is 2.13. The van der Waals surface area contributed by atoms with Crippen LogP contribution in [0.15, 0.2) is 23.4 Å². The molecule has 0 bridgehead atoms. The molecule has 0 radical (unpaired) electrons. The summed E-state index contributed by atoms with van der Waals surface area (Å²) in [5.41, 5.74) is 1.15. The summed E-state index contributed by atoms with van der Waals surface area (Å²) in [6.07, 6.45) is 2.34. The van der Waals surface area contributed by atoms with Crippen LogP contribution in [-0.2, 0) is 6.42 Å². The van der Waals surface area contributed by atoms with Crippen LogP contribution in [0.4, 0.5) is 0 Å². The largest absolute Gasteiger partial charge is 0.454 e. The van der Waals surface area contributed by atoms with E-state index in [1.807, 2.05) is 25.1 Å². The second-order valence-electron chi connectivity index (χ2n) is 3.63. The standard InChI is InChI=1S/C11H13NO3/c1-8(6-12-13)4-9-2-3-10-11(5-9)15-7-14-10/h2-3,5-6,8,13H,4,7H2,1H3/b12-6-/t8-/m1/s1. The number of oxime groups is 1. The third-order valence-corrected chi connectivity index (χ3v) is 2.32. The number of hydrogen-bond donors (Lipinski definition) is 1. The van der Waals surface area contributed by atoms with Crippen molar-refractivity contribution in [2.45, 2.75) is 13.3 Å². The van der Waals surface area contributed by atoms with Crippen molar-refractivity contribution in [1.82, 2.24) is 0 Å². The van der Waals surface area contributed by atoms with Gasteiger partial charge in [-0.25, -0.2) is 0 Å². The fourth-order valence-electron chi connectivity index (χ4n) is 1.61. The lowest BCUT2D eigenvalue weighted by molar-refractivity contribution is 0.174. The molecule has 0 amide bonds. The Hall–Kier alpha value is -1.71. The van der Waals surface area contributed by atoms with Gasteiger partial charge >= 0.3 is 0 Å². The molecule has 15 heavy (non-hydrogen) atoms. The minimum absolute atomic E-state index is 0.204. The Morgan fingerprint density at radius 1 is 1.47 bits per heavy atom. The number of fused-ring (bicyclic) bond motifs is 1. The van der Waals surface area contributed by atoms with Crippen molar-refractivity contribution in [2.75, 3.05) is 6.79 Å². The topological polar surface area (TPSA) is 51.1 Å². The van der Waals surface area contributed by atoms with Gasteiger partial charge in [0.15, 0.2) is 11.5 Å². The minimum atomic E-state index is 0.204. The van der Waals surface area contributed by atoms with E-state index in [9.17, 15) is 0 Å². The normalized spacial score (nSPS) is 15.8. The molecule has 1 aromatic rings. The van der Waals surface area contributed by atoms with Crippen molar-refractivity contribution in [1.29, 1.82) is 0 Å². The van der Waals surface area contributed by atoms with Gasteiger partial charge in [-0.1, -0.05) is 13.0 Å². The molecule has 4 heteroatoms. The van der Waals surface area contributed by atoms with Gasteiger partial charge in [0, 0.05) is 6.21 Å². The third-order valence-electron chi connectivity index (χ3n) is 2.32. The van der Waals surface area contributed by atoms with E-state index in [2.05, 4.69) is 5.16 Å². The van der Waals surface area contributed by atoms with Gasteiger partial charge in [0.25, 0.3) is 0 Å². The SMILES string of the molecule is C[C@@H](/C=N\O)Cc1ccc2c(c1)OCO2. The molecule has 0 saturated carbocycles. The summed E-state index contributed by atoms with van der Waals surface area (Å²) in [4.78, 5) is 0. The van der Waals surface area contributed by atoms with Crippen molar-refractivity contribution >= 4 is 6.21 Å². The van der Waals surface area contributed by atoms with E-state index in [4.69, 9.17) is 14.7 Å². The highest BCUT2D eigenvalue weighted by atomic mass is 16.7. The summed E-state index contributed by atoms with van der Waals surface area (Å²) >= 11 is 0. The van der Waals surface area contributed by atoms with Crippen LogP contribution in [0.25, 0.3) is 0 Å². The third kappa shape index (κ3) is 2.21. The van der Waals surface area contributed by atoms with Gasteiger partial charge in [-0.2, -0.15) is 0 Å². The fraction of sp³-hybridized carbons (Fsp3) is 0.364. The van der Waals surface area contributed by atoms with E-state index in [-0.39, 0.29) is 5.92 Å². The van der Waals surface area contributed by atoms with Crippen molar-refractivity contribution in [3.05, 3.63) is 23.8 Å². The Morgan fingerprint density at radius 3 is 3.07 bits per heavy atom. The molecule has 0 saturated heterocycles. The van der Waals surface area contributed by atoms with Crippen LogP contribution in [0.3, 0.4) is 0 Å². The van der Waals surface area contributed by atoms with Crippen LogP contribution >= 0.6 is 0 Å². The summed E-state index contributed by atoms with van der Waals surface area (Å²) < 4.78 is 10.5. The Morgan fingerprint density at radius 2 is 2.27 bits per heavy atom. The number of rotatable bonds is 3. The van der Waals surface area contributed by atoms with Gasteiger partial charge in [0.05, 0.1) is 0 Å². The van der Waals surface area contributed by atoms with Crippen molar-refractivity contribution in [3.63, 3.8) is 0 Å². The predicted octanol–water partition coefficient (Wildman–Crippen LogP) is 2.05. The maximum Gasteiger partial charge on any atom is 0.231 e. The highest BCUT2D eigenvalue weighted by molar-refractivity contribution is 5.60. The fourth-order valence-corrected chi connectivity index (χ4v) is 1.61. The zero-order valence-electron chi connectivity index (χ0n) is 8.51. The Kier molecular flexibility index (Phi) is 2.76. The molecule has 0 spiro atoms. The molecule has 1 heterocycles. The summed E-state index contributed by atoms with van der Waals surface area (Å²) in [5, 5.41) is 11.4. The molecule has 1 aliphatic rings. The average molecular weight is 207 g/mol. The molecule has 4 nitrogen and oxygen atoms in total. The first-order valence-electron chi connectivity index (χ1n) is 4.85. The molecular weight excluding hydrogens is 194 g/mol. The molecule has 2 rings (SSSR count). The number of ether oxygens (including phenoxy) is 2. The van der Waals surface area contributed by atoms with Crippen molar-refractivity contribution in [2.24, 2.45) is 11.1 Å². The molecular formula is C11H13NO3. The first-order valence-corrected chi connectivity index (χ1v) is 4.85. The predicted molar refractivity (Wildman–Crippen MR) is 55.7 cm³/mol. The van der Waals surface area contributed by atoms with Crippen LogP contribution in [0, 0.1) is 5.92 Å². The van der Waals surface area contributed by atoms with Crippen LogP contribution in [0.2, 0.25) is 0 Å². The van der Waals surface area contributed by atoms with Crippen LogP contribution < -0.4 is 9.47 Å². The highest BCUT2D eigenvalue weighted by Crippen LogP contribution is 2.32. The number of nitrogens with zero attached hydrogens (tertiary/aromatic N) is 1. The van der Waals surface area contributed by atoms with Crippen LogP contribution in [0.1, 0.15) is 12.5 Å². The van der Waals surface area contributed by atoms with Gasteiger partial charge in [0.2, 0.25) is 6.79 Å². The van der Waals surface area contributed by atoms with Gasteiger partial charge in [-0.15, -0.1) is 5.16 Å². The van der Waals surface area contributed by atoms with Crippen LogP contribution in [-0.4, -0.2) is 18.2 Å². The Labute approximate surface area is 88.1 Å². The van der Waals surface area contributed by atoms with E-state index in [0.717, 1.165) is 23.5 Å². The summed E-state index contributed by atoms with van der Waals surface area (Å²) in [7, 11) is 0. The molecule has 1 N–H and O–H groups in total. The first kappa shape index (κ1) is 9.83. The van der Waals surface area contributed by atoms with E-state index >= 15 is 0 Å². The maximum atomic E-state index is 8.39. The molecule has 0 aromatic heterocycles. The molecule has 1 aliphatic heterocycles. The molecule has 1 atom stereocenters. The van der Waals surface area contributed by atoms with Gasteiger partial charge in [-0.3, -0.25) is 0 Å². The second kappa shape index (κ2) is 4.21. The van der Waals surface area contributed by atoms with Gasteiger partial charge in [-0.05, 0) is 30.0 Å². The molecule has 0 unspecified atom stereocenters. The van der Waals surface area contributed by atoms with E-state index in [1.165, 1.54) is 6.21 Å². The minimum Gasteiger partial charge on any atom is -0.454 e. The quantitative estimate of drug-likeness (QED) is 0.469. The molecule has 80 valence electrons.